The lowest BCUT2D eigenvalue weighted by Crippen LogP contribution is -2.42. The predicted octanol–water partition coefficient (Wildman–Crippen LogP) is 1.94. The molecule has 0 aromatic carbocycles. The molecule has 70 valence electrons. The molecule has 1 atom stereocenters. The Morgan fingerprint density at radius 3 is 2.42 bits per heavy atom. The van der Waals surface area contributed by atoms with Gasteiger partial charge in [-0.1, -0.05) is 6.92 Å². The topological polar surface area (TPSA) is 12.0 Å². The minimum absolute atomic E-state index is 0.302. The standard InChI is InChI=1S/C8H12F3N/c1-3-5-7(8(9,10)11)12-6-4-2/h1,7,12H,4-6H2,2H3. The fourth-order valence-corrected chi connectivity index (χ4v) is 0.740. The zero-order valence-electron chi connectivity index (χ0n) is 6.91. The average Bonchev–Trinajstić information content (AvgIpc) is 1.95. The van der Waals surface area contributed by atoms with E-state index in [1.165, 1.54) is 0 Å². The van der Waals surface area contributed by atoms with Crippen molar-refractivity contribution in [3.05, 3.63) is 0 Å². The molecule has 0 bridgehead atoms. The number of halogens is 3. The molecule has 0 fully saturated rings. The summed E-state index contributed by atoms with van der Waals surface area (Å²) in [5.41, 5.74) is 0. The minimum atomic E-state index is -4.23. The van der Waals surface area contributed by atoms with Gasteiger partial charge in [-0.05, 0) is 13.0 Å². The van der Waals surface area contributed by atoms with E-state index in [9.17, 15) is 13.2 Å². The van der Waals surface area contributed by atoms with E-state index in [1.54, 1.807) is 6.92 Å². The molecule has 0 aliphatic carbocycles. The molecule has 0 heterocycles. The summed E-state index contributed by atoms with van der Waals surface area (Å²) in [6.07, 6.45) is 0.935. The van der Waals surface area contributed by atoms with E-state index in [1.807, 2.05) is 5.92 Å². The van der Waals surface area contributed by atoms with E-state index in [-0.39, 0.29) is 6.42 Å². The van der Waals surface area contributed by atoms with Gasteiger partial charge in [-0.25, -0.2) is 0 Å². The molecule has 12 heavy (non-hydrogen) atoms. The molecule has 0 aromatic heterocycles. The largest absolute Gasteiger partial charge is 0.404 e. The van der Waals surface area contributed by atoms with Gasteiger partial charge in [0.1, 0.15) is 6.04 Å². The Morgan fingerprint density at radius 2 is 2.08 bits per heavy atom. The Balaban J connectivity index is 3.97. The zero-order chi connectivity index (χ0) is 9.61. The Labute approximate surface area is 70.3 Å². The van der Waals surface area contributed by atoms with Gasteiger partial charge in [-0.3, -0.25) is 0 Å². The summed E-state index contributed by atoms with van der Waals surface area (Å²) in [5, 5.41) is 2.34. The number of alkyl halides is 3. The van der Waals surface area contributed by atoms with E-state index in [2.05, 4.69) is 5.32 Å². The summed E-state index contributed by atoms with van der Waals surface area (Å²) in [5.74, 6) is 2.00. The number of hydrogen-bond donors (Lipinski definition) is 1. The Hall–Kier alpha value is -0.690. The van der Waals surface area contributed by atoms with Crippen LogP contribution in [0.2, 0.25) is 0 Å². The summed E-state index contributed by atoms with van der Waals surface area (Å²) >= 11 is 0. The Kier molecular flexibility index (Phi) is 4.75. The van der Waals surface area contributed by atoms with E-state index >= 15 is 0 Å². The third-order valence-corrected chi connectivity index (χ3v) is 1.36. The van der Waals surface area contributed by atoms with Gasteiger partial charge in [0.25, 0.3) is 0 Å². The smallest absolute Gasteiger partial charge is 0.305 e. The molecule has 4 heteroatoms. The third kappa shape index (κ3) is 4.24. The van der Waals surface area contributed by atoms with Crippen molar-refractivity contribution >= 4 is 0 Å². The fraction of sp³-hybridized carbons (Fsp3) is 0.750. The molecular weight excluding hydrogens is 167 g/mol. The molecule has 1 N–H and O–H groups in total. The fourth-order valence-electron chi connectivity index (χ4n) is 0.740. The van der Waals surface area contributed by atoms with Crippen molar-refractivity contribution in [3.8, 4) is 12.3 Å². The molecular formula is C8H12F3N. The van der Waals surface area contributed by atoms with Gasteiger partial charge in [0, 0.05) is 6.42 Å². The maximum atomic E-state index is 12.1. The molecule has 0 rings (SSSR count). The molecule has 1 unspecified atom stereocenters. The summed E-state index contributed by atoms with van der Waals surface area (Å²) in [7, 11) is 0. The van der Waals surface area contributed by atoms with Crippen LogP contribution in [-0.4, -0.2) is 18.8 Å². The maximum Gasteiger partial charge on any atom is 0.404 e. The van der Waals surface area contributed by atoms with Crippen LogP contribution in [0.5, 0.6) is 0 Å². The van der Waals surface area contributed by atoms with E-state index in [4.69, 9.17) is 6.42 Å². The van der Waals surface area contributed by atoms with Crippen LogP contribution in [0.4, 0.5) is 13.2 Å². The highest BCUT2D eigenvalue weighted by molar-refractivity contribution is 4.92. The molecule has 0 aromatic rings. The monoisotopic (exact) mass is 179 g/mol. The third-order valence-electron chi connectivity index (χ3n) is 1.36. The quantitative estimate of drug-likeness (QED) is 0.650. The van der Waals surface area contributed by atoms with Crippen LogP contribution in [0, 0.1) is 12.3 Å². The number of rotatable bonds is 4. The van der Waals surface area contributed by atoms with E-state index in [0.717, 1.165) is 0 Å². The average molecular weight is 179 g/mol. The van der Waals surface area contributed by atoms with Crippen LogP contribution >= 0.6 is 0 Å². The van der Waals surface area contributed by atoms with Gasteiger partial charge in [0.15, 0.2) is 0 Å². The van der Waals surface area contributed by atoms with Crippen molar-refractivity contribution in [1.29, 1.82) is 0 Å². The molecule has 0 radical (unpaired) electrons. The first kappa shape index (κ1) is 11.3. The predicted molar refractivity (Wildman–Crippen MR) is 41.6 cm³/mol. The summed E-state index contributed by atoms with van der Waals surface area (Å²) < 4.78 is 36.2. The van der Waals surface area contributed by atoms with Crippen molar-refractivity contribution in [3.63, 3.8) is 0 Å². The van der Waals surface area contributed by atoms with E-state index in [0.29, 0.717) is 13.0 Å². The molecule has 0 spiro atoms. The molecule has 1 nitrogen and oxygen atoms in total. The van der Waals surface area contributed by atoms with Gasteiger partial charge >= 0.3 is 6.18 Å². The first-order valence-corrected chi connectivity index (χ1v) is 3.76. The second-order valence-corrected chi connectivity index (χ2v) is 2.46. The molecule has 0 aliphatic rings. The SMILES string of the molecule is C#CCC(NCCC)C(F)(F)F. The lowest BCUT2D eigenvalue weighted by atomic mass is 10.2. The van der Waals surface area contributed by atoms with Gasteiger partial charge in [-0.15, -0.1) is 12.3 Å². The van der Waals surface area contributed by atoms with Gasteiger partial charge in [0.2, 0.25) is 0 Å². The number of nitrogens with one attached hydrogen (secondary N) is 1. The van der Waals surface area contributed by atoms with Crippen LogP contribution in [0.25, 0.3) is 0 Å². The maximum absolute atomic E-state index is 12.1. The summed E-state index contributed by atoms with van der Waals surface area (Å²) in [4.78, 5) is 0. The molecule has 0 saturated heterocycles. The second kappa shape index (κ2) is 5.04. The summed E-state index contributed by atoms with van der Waals surface area (Å²) in [6, 6.07) is -1.55. The van der Waals surface area contributed by atoms with Crippen molar-refractivity contribution in [1.82, 2.24) is 5.32 Å². The second-order valence-electron chi connectivity index (χ2n) is 2.46. The normalized spacial score (nSPS) is 13.9. The van der Waals surface area contributed by atoms with Crippen molar-refractivity contribution in [2.75, 3.05) is 6.54 Å². The van der Waals surface area contributed by atoms with Crippen LogP contribution in [0.3, 0.4) is 0 Å². The first-order valence-electron chi connectivity index (χ1n) is 3.76. The molecule has 0 saturated carbocycles. The van der Waals surface area contributed by atoms with Gasteiger partial charge < -0.3 is 5.32 Å². The number of terminal acetylenes is 1. The van der Waals surface area contributed by atoms with Crippen LogP contribution < -0.4 is 5.32 Å². The summed E-state index contributed by atoms with van der Waals surface area (Å²) in [6.45, 7) is 2.14. The van der Waals surface area contributed by atoms with Crippen LogP contribution in [-0.2, 0) is 0 Å². The van der Waals surface area contributed by atoms with Crippen molar-refractivity contribution in [2.45, 2.75) is 32.0 Å². The highest BCUT2D eigenvalue weighted by Crippen LogP contribution is 2.21. The minimum Gasteiger partial charge on any atom is -0.305 e. The highest BCUT2D eigenvalue weighted by atomic mass is 19.4. The van der Waals surface area contributed by atoms with Crippen molar-refractivity contribution in [2.24, 2.45) is 0 Å². The Bertz CT molecular complexity index is 157. The number of hydrogen-bond acceptors (Lipinski definition) is 1. The molecule has 0 aliphatic heterocycles. The van der Waals surface area contributed by atoms with Gasteiger partial charge in [0.05, 0.1) is 0 Å². The Morgan fingerprint density at radius 1 is 1.50 bits per heavy atom. The first-order chi connectivity index (χ1) is 5.52. The van der Waals surface area contributed by atoms with E-state index < -0.39 is 12.2 Å². The lowest BCUT2D eigenvalue weighted by Gasteiger charge is -2.18. The zero-order valence-corrected chi connectivity index (χ0v) is 6.91. The van der Waals surface area contributed by atoms with Crippen LogP contribution in [0.15, 0.2) is 0 Å². The van der Waals surface area contributed by atoms with Gasteiger partial charge in [-0.2, -0.15) is 13.2 Å². The molecule has 0 amide bonds. The highest BCUT2D eigenvalue weighted by Gasteiger charge is 2.38. The van der Waals surface area contributed by atoms with Crippen molar-refractivity contribution < 1.29 is 13.2 Å². The lowest BCUT2D eigenvalue weighted by molar-refractivity contribution is -0.154. The van der Waals surface area contributed by atoms with Crippen LogP contribution in [0.1, 0.15) is 19.8 Å².